The number of methoxy groups -OCH3 is 1. The van der Waals surface area contributed by atoms with Crippen LogP contribution < -0.4 is 10.5 Å². The number of guanidine groups is 1. The molecular weight excluding hydrogens is 405 g/mol. The van der Waals surface area contributed by atoms with Gasteiger partial charge in [-0.3, -0.25) is 0 Å². The van der Waals surface area contributed by atoms with E-state index in [1.54, 1.807) is 7.11 Å². The number of likely N-dealkylation sites (tertiary alicyclic amines) is 1. The third kappa shape index (κ3) is 6.95. The summed E-state index contributed by atoms with van der Waals surface area (Å²) in [6.07, 6.45) is 2.49. The molecule has 1 aromatic carbocycles. The quantitative estimate of drug-likeness (QED) is 0.325. The van der Waals surface area contributed by atoms with Gasteiger partial charge in [0.25, 0.3) is 0 Å². The second-order valence-corrected chi connectivity index (χ2v) is 5.85. The van der Waals surface area contributed by atoms with Crippen molar-refractivity contribution in [3.05, 3.63) is 29.8 Å². The smallest absolute Gasteiger partial charge is 0.191 e. The van der Waals surface area contributed by atoms with Crippen LogP contribution in [-0.4, -0.2) is 44.3 Å². The number of nitrogens with two attached hydrogens (primary N) is 1. The number of aliphatic imine (C=N–C) groups is 1. The molecule has 23 heavy (non-hydrogen) atoms. The molecule has 5 nitrogen and oxygen atoms in total. The molecule has 0 aromatic heterocycles. The van der Waals surface area contributed by atoms with Crippen LogP contribution in [0.2, 0.25) is 0 Å². The number of ether oxygens (including phenoxy) is 2. The van der Waals surface area contributed by atoms with Gasteiger partial charge in [0, 0.05) is 20.2 Å². The second kappa shape index (κ2) is 10.7. The van der Waals surface area contributed by atoms with Gasteiger partial charge < -0.3 is 20.1 Å². The van der Waals surface area contributed by atoms with Crippen LogP contribution in [0.4, 0.5) is 0 Å². The van der Waals surface area contributed by atoms with Crippen molar-refractivity contribution in [1.82, 2.24) is 4.90 Å². The highest BCUT2D eigenvalue weighted by atomic mass is 127. The third-order valence-corrected chi connectivity index (χ3v) is 3.88. The monoisotopic (exact) mass is 433 g/mol. The first-order chi connectivity index (χ1) is 10.7. The van der Waals surface area contributed by atoms with Crippen molar-refractivity contribution in [1.29, 1.82) is 0 Å². The number of hydrogen-bond donors (Lipinski definition) is 1. The van der Waals surface area contributed by atoms with Crippen molar-refractivity contribution in [2.75, 3.05) is 33.4 Å². The van der Waals surface area contributed by atoms with Crippen LogP contribution in [0.1, 0.15) is 25.3 Å². The maximum atomic E-state index is 6.11. The Balaban J connectivity index is 0.00000264. The van der Waals surface area contributed by atoms with Crippen molar-refractivity contribution in [2.24, 2.45) is 16.6 Å². The van der Waals surface area contributed by atoms with Crippen LogP contribution in [0.15, 0.2) is 29.3 Å². The van der Waals surface area contributed by atoms with Crippen molar-refractivity contribution in [3.8, 4) is 5.75 Å². The van der Waals surface area contributed by atoms with E-state index in [-0.39, 0.29) is 24.0 Å². The summed E-state index contributed by atoms with van der Waals surface area (Å²) in [6.45, 7) is 6.06. The normalized spacial score (nSPS) is 18.4. The Morgan fingerprint density at radius 3 is 2.70 bits per heavy atom. The summed E-state index contributed by atoms with van der Waals surface area (Å²) >= 11 is 0. The largest absolute Gasteiger partial charge is 0.491 e. The first-order valence-electron chi connectivity index (χ1n) is 7.94. The molecule has 0 spiro atoms. The standard InChI is InChI=1S/C17H27N3O2.HI/c1-14-4-3-9-20(13-14)17(18)19-12-15-5-7-16(8-6-15)22-11-10-21-2;/h5-8,14H,3-4,9-13H2,1-2H3,(H2,18,19);1H. The van der Waals surface area contributed by atoms with Gasteiger partial charge in [-0.05, 0) is 36.5 Å². The molecular formula is C17H28IN3O2. The molecule has 0 saturated carbocycles. The summed E-state index contributed by atoms with van der Waals surface area (Å²) in [5.41, 5.74) is 7.24. The number of piperidine rings is 1. The maximum absolute atomic E-state index is 6.11. The van der Waals surface area contributed by atoms with Gasteiger partial charge in [-0.2, -0.15) is 0 Å². The molecule has 6 heteroatoms. The van der Waals surface area contributed by atoms with Crippen LogP contribution in [0.3, 0.4) is 0 Å². The lowest BCUT2D eigenvalue weighted by Gasteiger charge is -2.31. The van der Waals surface area contributed by atoms with E-state index in [0.29, 0.717) is 31.6 Å². The zero-order chi connectivity index (χ0) is 15.8. The van der Waals surface area contributed by atoms with E-state index in [0.717, 1.165) is 24.4 Å². The van der Waals surface area contributed by atoms with Gasteiger partial charge in [-0.15, -0.1) is 24.0 Å². The van der Waals surface area contributed by atoms with E-state index in [2.05, 4.69) is 16.8 Å². The highest BCUT2D eigenvalue weighted by Gasteiger charge is 2.17. The molecule has 1 heterocycles. The first-order valence-corrected chi connectivity index (χ1v) is 7.94. The lowest BCUT2D eigenvalue weighted by molar-refractivity contribution is 0.146. The molecule has 1 atom stereocenters. The minimum Gasteiger partial charge on any atom is -0.491 e. The number of halogens is 1. The number of benzene rings is 1. The van der Waals surface area contributed by atoms with Crippen molar-refractivity contribution >= 4 is 29.9 Å². The van der Waals surface area contributed by atoms with Crippen LogP contribution in [0, 0.1) is 5.92 Å². The van der Waals surface area contributed by atoms with Crippen LogP contribution >= 0.6 is 24.0 Å². The molecule has 0 bridgehead atoms. The number of hydrogen-bond acceptors (Lipinski definition) is 3. The Kier molecular flexibility index (Phi) is 9.31. The molecule has 1 aliphatic rings. The zero-order valence-electron chi connectivity index (χ0n) is 14.0. The van der Waals surface area contributed by atoms with E-state index in [9.17, 15) is 0 Å². The van der Waals surface area contributed by atoms with Gasteiger partial charge in [0.05, 0.1) is 13.2 Å². The third-order valence-electron chi connectivity index (χ3n) is 3.88. The Hall–Kier alpha value is -1.02. The summed E-state index contributed by atoms with van der Waals surface area (Å²) in [7, 11) is 1.66. The predicted molar refractivity (Wildman–Crippen MR) is 105 cm³/mol. The molecule has 1 fully saturated rings. The minimum absolute atomic E-state index is 0. The second-order valence-electron chi connectivity index (χ2n) is 5.85. The van der Waals surface area contributed by atoms with Gasteiger partial charge in [0.15, 0.2) is 5.96 Å². The zero-order valence-corrected chi connectivity index (χ0v) is 16.4. The Bertz CT molecular complexity index is 479. The fourth-order valence-corrected chi connectivity index (χ4v) is 2.60. The topological polar surface area (TPSA) is 60.1 Å². The summed E-state index contributed by atoms with van der Waals surface area (Å²) < 4.78 is 10.5. The van der Waals surface area contributed by atoms with Crippen molar-refractivity contribution in [2.45, 2.75) is 26.3 Å². The van der Waals surface area contributed by atoms with Gasteiger partial charge >= 0.3 is 0 Å². The van der Waals surface area contributed by atoms with E-state index in [4.69, 9.17) is 15.2 Å². The average Bonchev–Trinajstić information content (AvgIpc) is 2.54. The van der Waals surface area contributed by atoms with E-state index in [1.807, 2.05) is 24.3 Å². The molecule has 0 amide bonds. The molecule has 1 aromatic rings. The minimum atomic E-state index is 0. The van der Waals surface area contributed by atoms with Crippen LogP contribution in [-0.2, 0) is 11.3 Å². The van der Waals surface area contributed by atoms with Gasteiger partial charge in [-0.1, -0.05) is 19.1 Å². The van der Waals surface area contributed by atoms with E-state index in [1.165, 1.54) is 12.8 Å². The number of rotatable bonds is 6. The Morgan fingerprint density at radius 1 is 1.30 bits per heavy atom. The molecule has 0 aliphatic carbocycles. The highest BCUT2D eigenvalue weighted by Crippen LogP contribution is 2.16. The van der Waals surface area contributed by atoms with E-state index >= 15 is 0 Å². The summed E-state index contributed by atoms with van der Waals surface area (Å²) in [6, 6.07) is 7.97. The Morgan fingerprint density at radius 2 is 2.04 bits per heavy atom. The van der Waals surface area contributed by atoms with Gasteiger partial charge in [0.2, 0.25) is 0 Å². The lowest BCUT2D eigenvalue weighted by Crippen LogP contribution is -2.43. The fourth-order valence-electron chi connectivity index (χ4n) is 2.60. The SMILES string of the molecule is COCCOc1ccc(CN=C(N)N2CCCC(C)C2)cc1.I. The first kappa shape index (κ1) is 20.0. The fraction of sp³-hybridized carbons (Fsp3) is 0.588. The summed E-state index contributed by atoms with van der Waals surface area (Å²) in [4.78, 5) is 6.71. The highest BCUT2D eigenvalue weighted by molar-refractivity contribution is 14.0. The average molecular weight is 433 g/mol. The van der Waals surface area contributed by atoms with Crippen molar-refractivity contribution in [3.63, 3.8) is 0 Å². The van der Waals surface area contributed by atoms with Crippen molar-refractivity contribution < 1.29 is 9.47 Å². The lowest BCUT2D eigenvalue weighted by atomic mass is 10.0. The molecule has 1 unspecified atom stereocenters. The molecule has 1 saturated heterocycles. The predicted octanol–water partition coefficient (Wildman–Crippen LogP) is 2.88. The molecule has 1 aliphatic heterocycles. The molecule has 130 valence electrons. The molecule has 0 radical (unpaired) electrons. The summed E-state index contributed by atoms with van der Waals surface area (Å²) in [5, 5.41) is 0. The maximum Gasteiger partial charge on any atom is 0.191 e. The van der Waals surface area contributed by atoms with Gasteiger partial charge in [-0.25, -0.2) is 4.99 Å². The number of nitrogens with zero attached hydrogens (tertiary/aromatic N) is 2. The van der Waals surface area contributed by atoms with E-state index < -0.39 is 0 Å². The van der Waals surface area contributed by atoms with Crippen LogP contribution in [0.5, 0.6) is 5.75 Å². The molecule has 2 rings (SSSR count). The molecule has 2 N–H and O–H groups in total. The van der Waals surface area contributed by atoms with Crippen LogP contribution in [0.25, 0.3) is 0 Å². The Labute approximate surface area is 156 Å². The van der Waals surface area contributed by atoms with Gasteiger partial charge in [0.1, 0.15) is 12.4 Å². The summed E-state index contributed by atoms with van der Waals surface area (Å²) in [5.74, 6) is 2.21.